The maximum absolute atomic E-state index is 5.30. The number of benzene rings is 1. The lowest BCUT2D eigenvalue weighted by Gasteiger charge is -2.11. The zero-order valence-corrected chi connectivity index (χ0v) is 14.4. The Hall–Kier alpha value is -1.40. The van der Waals surface area contributed by atoms with Crippen LogP contribution >= 0.6 is 28.1 Å². The summed E-state index contributed by atoms with van der Waals surface area (Å²) < 4.78 is 2.95. The van der Waals surface area contributed by atoms with Gasteiger partial charge in [-0.2, -0.15) is 5.10 Å². The van der Waals surface area contributed by atoms with E-state index in [-0.39, 0.29) is 0 Å². The Morgan fingerprint density at radius 1 is 1.29 bits per heavy atom. The number of rotatable bonds is 6. The van der Waals surface area contributed by atoms with E-state index in [2.05, 4.69) is 62.9 Å². The maximum Gasteiger partial charge on any atom is 0.166 e. The molecule has 112 valence electrons. The summed E-state index contributed by atoms with van der Waals surface area (Å²) >= 11 is 8.80. The molecule has 0 fully saturated rings. The topological polar surface area (TPSA) is 41.9 Å². The molecule has 0 aliphatic heterocycles. The second-order valence-corrected chi connectivity index (χ2v) is 5.86. The largest absolute Gasteiger partial charge is 0.362 e. The van der Waals surface area contributed by atoms with E-state index in [4.69, 9.17) is 12.2 Å². The summed E-state index contributed by atoms with van der Waals surface area (Å²) in [4.78, 5) is 0. The molecule has 0 aliphatic rings. The number of nitrogens with zero attached hydrogens (tertiary/aromatic N) is 2. The van der Waals surface area contributed by atoms with Gasteiger partial charge in [0.2, 0.25) is 0 Å². The average molecular weight is 367 g/mol. The minimum absolute atomic E-state index is 0.658. The Morgan fingerprint density at radius 3 is 2.76 bits per heavy atom. The van der Waals surface area contributed by atoms with Crippen molar-refractivity contribution in [2.75, 3.05) is 6.54 Å². The molecule has 4 nitrogen and oxygen atoms in total. The Balaban J connectivity index is 1.74. The van der Waals surface area contributed by atoms with Crippen molar-refractivity contribution >= 4 is 33.3 Å². The first-order valence-electron chi connectivity index (χ1n) is 6.96. The van der Waals surface area contributed by atoms with Gasteiger partial charge in [-0.1, -0.05) is 30.3 Å². The second-order valence-electron chi connectivity index (χ2n) is 4.60. The fourth-order valence-corrected chi connectivity index (χ4v) is 2.64. The van der Waals surface area contributed by atoms with Crippen molar-refractivity contribution in [1.29, 1.82) is 0 Å². The first-order valence-corrected chi connectivity index (χ1v) is 8.16. The van der Waals surface area contributed by atoms with Crippen molar-refractivity contribution < 1.29 is 0 Å². The van der Waals surface area contributed by atoms with E-state index in [9.17, 15) is 0 Å². The van der Waals surface area contributed by atoms with Crippen molar-refractivity contribution in [2.45, 2.75) is 26.4 Å². The van der Waals surface area contributed by atoms with Gasteiger partial charge in [0.15, 0.2) is 5.11 Å². The van der Waals surface area contributed by atoms with Gasteiger partial charge in [-0.25, -0.2) is 0 Å². The van der Waals surface area contributed by atoms with E-state index in [1.807, 2.05) is 16.9 Å². The summed E-state index contributed by atoms with van der Waals surface area (Å²) in [5, 5.41) is 11.4. The SMILES string of the molecule is CCn1ncc(Br)c1CNC(=S)NCCc1ccccc1. The lowest BCUT2D eigenvalue weighted by atomic mass is 10.1. The molecule has 0 unspecified atom stereocenters. The van der Waals surface area contributed by atoms with E-state index in [0.717, 1.165) is 29.7 Å². The zero-order chi connectivity index (χ0) is 15.1. The molecule has 0 spiro atoms. The molecule has 21 heavy (non-hydrogen) atoms. The number of halogens is 1. The van der Waals surface area contributed by atoms with Gasteiger partial charge in [-0.15, -0.1) is 0 Å². The van der Waals surface area contributed by atoms with Crippen LogP contribution in [0.4, 0.5) is 0 Å². The van der Waals surface area contributed by atoms with Crippen LogP contribution in [0.2, 0.25) is 0 Å². The summed E-state index contributed by atoms with van der Waals surface area (Å²) in [5.41, 5.74) is 2.41. The van der Waals surface area contributed by atoms with Crippen LogP contribution in [0.15, 0.2) is 41.0 Å². The third-order valence-corrected chi connectivity index (χ3v) is 4.11. The summed E-state index contributed by atoms with van der Waals surface area (Å²) in [7, 11) is 0. The molecule has 1 aromatic heterocycles. The van der Waals surface area contributed by atoms with Gasteiger partial charge in [0.05, 0.1) is 22.9 Å². The fraction of sp³-hybridized carbons (Fsp3) is 0.333. The predicted molar refractivity (Wildman–Crippen MR) is 93.2 cm³/mol. The molecular weight excluding hydrogens is 348 g/mol. The summed E-state index contributed by atoms with van der Waals surface area (Å²) in [6.45, 7) is 4.39. The summed E-state index contributed by atoms with van der Waals surface area (Å²) in [6.07, 6.45) is 2.77. The van der Waals surface area contributed by atoms with E-state index in [0.29, 0.717) is 11.7 Å². The molecular formula is C15H19BrN4S. The molecule has 2 rings (SSSR count). The highest BCUT2D eigenvalue weighted by molar-refractivity contribution is 9.10. The van der Waals surface area contributed by atoms with Crippen LogP contribution in [0.25, 0.3) is 0 Å². The number of aromatic nitrogens is 2. The molecule has 1 heterocycles. The normalized spacial score (nSPS) is 10.4. The molecule has 0 saturated heterocycles. The van der Waals surface area contributed by atoms with E-state index in [1.165, 1.54) is 5.56 Å². The van der Waals surface area contributed by atoms with Gasteiger partial charge in [-0.05, 0) is 47.1 Å². The molecule has 2 N–H and O–H groups in total. The third kappa shape index (κ3) is 4.82. The van der Waals surface area contributed by atoms with Crippen molar-refractivity contribution in [3.63, 3.8) is 0 Å². The first kappa shape index (κ1) is 16.0. The lowest BCUT2D eigenvalue weighted by molar-refractivity contribution is 0.610. The highest BCUT2D eigenvalue weighted by atomic mass is 79.9. The third-order valence-electron chi connectivity index (χ3n) is 3.16. The molecule has 0 aliphatic carbocycles. The molecule has 6 heteroatoms. The van der Waals surface area contributed by atoms with Gasteiger partial charge < -0.3 is 10.6 Å². The zero-order valence-electron chi connectivity index (χ0n) is 12.0. The van der Waals surface area contributed by atoms with Gasteiger partial charge in [0, 0.05) is 13.1 Å². The average Bonchev–Trinajstić information content (AvgIpc) is 2.86. The molecule has 0 radical (unpaired) electrons. The molecule has 1 aromatic carbocycles. The molecule has 0 atom stereocenters. The number of nitrogens with one attached hydrogen (secondary N) is 2. The van der Waals surface area contributed by atoms with Gasteiger partial charge in [0.25, 0.3) is 0 Å². The van der Waals surface area contributed by atoms with Crippen LogP contribution in [0.5, 0.6) is 0 Å². The quantitative estimate of drug-likeness (QED) is 0.771. The van der Waals surface area contributed by atoms with Crippen molar-refractivity contribution in [2.24, 2.45) is 0 Å². The van der Waals surface area contributed by atoms with Crippen molar-refractivity contribution in [3.05, 3.63) is 52.3 Å². The Labute approximate surface area is 139 Å². The summed E-state index contributed by atoms with van der Waals surface area (Å²) in [6, 6.07) is 10.4. The molecule has 0 bridgehead atoms. The lowest BCUT2D eigenvalue weighted by Crippen LogP contribution is -2.36. The van der Waals surface area contributed by atoms with E-state index in [1.54, 1.807) is 0 Å². The number of hydrogen-bond donors (Lipinski definition) is 2. The number of aryl methyl sites for hydroxylation is 1. The number of hydrogen-bond acceptors (Lipinski definition) is 2. The van der Waals surface area contributed by atoms with Crippen LogP contribution in [-0.4, -0.2) is 21.4 Å². The van der Waals surface area contributed by atoms with Crippen LogP contribution in [0.3, 0.4) is 0 Å². The minimum Gasteiger partial charge on any atom is -0.362 e. The van der Waals surface area contributed by atoms with Gasteiger partial charge in [0.1, 0.15) is 0 Å². The van der Waals surface area contributed by atoms with Crippen LogP contribution < -0.4 is 10.6 Å². The van der Waals surface area contributed by atoms with Crippen molar-refractivity contribution in [1.82, 2.24) is 20.4 Å². The maximum atomic E-state index is 5.30. The standard InChI is InChI=1S/C15H19BrN4S/c1-2-20-14(13(16)10-19-20)11-18-15(21)17-9-8-12-6-4-3-5-7-12/h3-7,10H,2,8-9,11H2,1H3,(H2,17,18,21). The van der Waals surface area contributed by atoms with E-state index < -0.39 is 0 Å². The first-order chi connectivity index (χ1) is 10.2. The Bertz CT molecular complexity index is 583. The fourth-order valence-electron chi connectivity index (χ4n) is 2.03. The Morgan fingerprint density at radius 2 is 2.05 bits per heavy atom. The molecule has 0 saturated carbocycles. The second kappa shape index (κ2) is 8.14. The van der Waals surface area contributed by atoms with Gasteiger partial charge in [-0.3, -0.25) is 4.68 Å². The number of thiocarbonyl (C=S) groups is 1. The van der Waals surface area contributed by atoms with E-state index >= 15 is 0 Å². The monoisotopic (exact) mass is 366 g/mol. The van der Waals surface area contributed by atoms with Crippen LogP contribution in [0, 0.1) is 0 Å². The predicted octanol–water partition coefficient (Wildman–Crippen LogP) is 2.87. The summed E-state index contributed by atoms with van der Waals surface area (Å²) in [5.74, 6) is 0. The molecule has 0 amide bonds. The van der Waals surface area contributed by atoms with Crippen LogP contribution in [0.1, 0.15) is 18.2 Å². The molecule has 2 aromatic rings. The van der Waals surface area contributed by atoms with Crippen LogP contribution in [-0.2, 0) is 19.5 Å². The Kier molecular flexibility index (Phi) is 6.20. The highest BCUT2D eigenvalue weighted by Gasteiger charge is 2.07. The van der Waals surface area contributed by atoms with Gasteiger partial charge >= 0.3 is 0 Å². The van der Waals surface area contributed by atoms with Crippen molar-refractivity contribution in [3.8, 4) is 0 Å². The minimum atomic E-state index is 0.658. The smallest absolute Gasteiger partial charge is 0.166 e. The highest BCUT2D eigenvalue weighted by Crippen LogP contribution is 2.15.